The van der Waals surface area contributed by atoms with Crippen LogP contribution in [0.1, 0.15) is 5.56 Å². The highest BCUT2D eigenvalue weighted by atomic mass is 35.5. The second-order valence-electron chi connectivity index (χ2n) is 6.50. The molecule has 0 atom stereocenters. The molecular formula is C20H18Cl2N4O. The minimum atomic E-state index is 0.101. The standard InChI is InChI=1S/C20H18Cl2N4O/c21-15-4-3-14(12-16(15)22)13-20(27)26-10-8-25(9-11-26)19-6-5-17-18(24-19)2-1-7-23-17/h1-7,12H,8-11,13H2. The quantitative estimate of drug-likeness (QED) is 0.670. The minimum Gasteiger partial charge on any atom is -0.353 e. The first-order valence-electron chi connectivity index (χ1n) is 8.78. The van der Waals surface area contributed by atoms with Gasteiger partial charge in [0.25, 0.3) is 0 Å². The molecule has 1 aliphatic heterocycles. The number of pyridine rings is 2. The molecule has 2 aromatic heterocycles. The predicted molar refractivity (Wildman–Crippen MR) is 108 cm³/mol. The molecule has 1 fully saturated rings. The van der Waals surface area contributed by atoms with Gasteiger partial charge in [0.05, 0.1) is 27.5 Å². The molecule has 4 rings (SSSR count). The van der Waals surface area contributed by atoms with Gasteiger partial charge in [-0.1, -0.05) is 29.3 Å². The molecule has 3 heterocycles. The molecule has 138 valence electrons. The highest BCUT2D eigenvalue weighted by Crippen LogP contribution is 2.23. The summed E-state index contributed by atoms with van der Waals surface area (Å²) < 4.78 is 0. The molecule has 5 nitrogen and oxygen atoms in total. The summed E-state index contributed by atoms with van der Waals surface area (Å²) in [6, 6.07) is 13.1. The lowest BCUT2D eigenvalue weighted by Gasteiger charge is -2.35. The Labute approximate surface area is 167 Å². The summed E-state index contributed by atoms with van der Waals surface area (Å²) in [7, 11) is 0. The van der Waals surface area contributed by atoms with Crippen LogP contribution in [-0.4, -0.2) is 47.0 Å². The van der Waals surface area contributed by atoms with Crippen LogP contribution in [0.5, 0.6) is 0 Å². The van der Waals surface area contributed by atoms with Crippen LogP contribution in [0.4, 0.5) is 5.82 Å². The number of nitrogens with zero attached hydrogens (tertiary/aromatic N) is 4. The van der Waals surface area contributed by atoms with Gasteiger partial charge >= 0.3 is 0 Å². The van der Waals surface area contributed by atoms with Gasteiger partial charge in [-0.15, -0.1) is 0 Å². The van der Waals surface area contributed by atoms with Gasteiger partial charge in [-0.05, 0) is 42.0 Å². The highest BCUT2D eigenvalue weighted by Gasteiger charge is 2.22. The molecular weight excluding hydrogens is 383 g/mol. The van der Waals surface area contributed by atoms with E-state index < -0.39 is 0 Å². The van der Waals surface area contributed by atoms with Crippen molar-refractivity contribution in [3.63, 3.8) is 0 Å². The van der Waals surface area contributed by atoms with Gasteiger partial charge in [-0.3, -0.25) is 9.78 Å². The van der Waals surface area contributed by atoms with Crippen molar-refractivity contribution < 1.29 is 4.79 Å². The third kappa shape index (κ3) is 3.99. The monoisotopic (exact) mass is 400 g/mol. The molecule has 1 aliphatic rings. The van der Waals surface area contributed by atoms with Gasteiger partial charge in [-0.25, -0.2) is 4.98 Å². The number of fused-ring (bicyclic) bond motifs is 1. The van der Waals surface area contributed by atoms with Crippen molar-refractivity contribution in [1.29, 1.82) is 0 Å². The average molecular weight is 401 g/mol. The van der Waals surface area contributed by atoms with Crippen LogP contribution >= 0.6 is 23.2 Å². The van der Waals surface area contributed by atoms with Crippen LogP contribution in [0.15, 0.2) is 48.7 Å². The first-order valence-corrected chi connectivity index (χ1v) is 9.54. The molecule has 0 radical (unpaired) electrons. The topological polar surface area (TPSA) is 49.3 Å². The van der Waals surface area contributed by atoms with Crippen LogP contribution in [0, 0.1) is 0 Å². The molecule has 0 unspecified atom stereocenters. The summed E-state index contributed by atoms with van der Waals surface area (Å²) >= 11 is 12.0. The van der Waals surface area contributed by atoms with E-state index in [9.17, 15) is 4.79 Å². The van der Waals surface area contributed by atoms with Gasteiger partial charge in [-0.2, -0.15) is 0 Å². The molecule has 7 heteroatoms. The Hall–Kier alpha value is -2.37. The summed E-state index contributed by atoms with van der Waals surface area (Å²) in [4.78, 5) is 25.7. The molecule has 0 aliphatic carbocycles. The summed E-state index contributed by atoms with van der Waals surface area (Å²) in [5, 5.41) is 0.975. The number of carbonyl (C=O) groups is 1. The van der Waals surface area contributed by atoms with Gasteiger partial charge in [0, 0.05) is 32.4 Å². The third-order valence-corrected chi connectivity index (χ3v) is 5.48. The zero-order valence-electron chi connectivity index (χ0n) is 14.6. The van der Waals surface area contributed by atoms with Crippen molar-refractivity contribution in [2.45, 2.75) is 6.42 Å². The van der Waals surface area contributed by atoms with Gasteiger partial charge in [0.1, 0.15) is 5.82 Å². The van der Waals surface area contributed by atoms with Crippen LogP contribution < -0.4 is 4.90 Å². The van der Waals surface area contributed by atoms with E-state index >= 15 is 0 Å². The Kier molecular flexibility index (Phi) is 5.14. The normalized spacial score (nSPS) is 14.6. The molecule has 0 N–H and O–H groups in total. The number of hydrogen-bond acceptors (Lipinski definition) is 4. The van der Waals surface area contributed by atoms with Crippen molar-refractivity contribution in [1.82, 2.24) is 14.9 Å². The van der Waals surface area contributed by atoms with E-state index in [0.29, 0.717) is 29.6 Å². The lowest BCUT2D eigenvalue weighted by atomic mass is 10.1. The number of hydrogen-bond donors (Lipinski definition) is 0. The number of anilines is 1. The predicted octanol–water partition coefficient (Wildman–Crippen LogP) is 3.83. The second-order valence-corrected chi connectivity index (χ2v) is 7.32. The third-order valence-electron chi connectivity index (χ3n) is 4.74. The van der Waals surface area contributed by atoms with Crippen LogP contribution in [0.3, 0.4) is 0 Å². The largest absolute Gasteiger partial charge is 0.353 e. The zero-order chi connectivity index (χ0) is 18.8. The van der Waals surface area contributed by atoms with Crippen LogP contribution in [0.25, 0.3) is 11.0 Å². The molecule has 0 spiro atoms. The van der Waals surface area contributed by atoms with Crippen molar-refractivity contribution in [2.75, 3.05) is 31.1 Å². The summed E-state index contributed by atoms with van der Waals surface area (Å²) in [5.74, 6) is 1.02. The van der Waals surface area contributed by atoms with Crippen molar-refractivity contribution in [3.05, 3.63) is 64.3 Å². The average Bonchev–Trinajstić information content (AvgIpc) is 2.70. The second kappa shape index (κ2) is 7.71. The van der Waals surface area contributed by atoms with E-state index in [1.807, 2.05) is 35.2 Å². The van der Waals surface area contributed by atoms with Gasteiger partial charge < -0.3 is 9.80 Å². The summed E-state index contributed by atoms with van der Waals surface area (Å²) in [5.41, 5.74) is 2.64. The van der Waals surface area contributed by atoms with E-state index in [2.05, 4.69) is 14.9 Å². The van der Waals surface area contributed by atoms with Crippen molar-refractivity contribution in [2.24, 2.45) is 0 Å². The molecule has 0 bridgehead atoms. The number of carbonyl (C=O) groups excluding carboxylic acids is 1. The molecule has 27 heavy (non-hydrogen) atoms. The fourth-order valence-electron chi connectivity index (χ4n) is 3.24. The molecule has 0 saturated carbocycles. The number of piperazine rings is 1. The van der Waals surface area contributed by atoms with E-state index in [1.54, 1.807) is 18.3 Å². The number of halogens is 2. The Morgan fingerprint density at radius 3 is 2.56 bits per heavy atom. The molecule has 1 saturated heterocycles. The maximum absolute atomic E-state index is 12.6. The summed E-state index contributed by atoms with van der Waals surface area (Å²) in [6.07, 6.45) is 2.10. The van der Waals surface area contributed by atoms with Gasteiger partial charge in [0.15, 0.2) is 0 Å². The molecule has 1 amide bonds. The SMILES string of the molecule is O=C(Cc1ccc(Cl)c(Cl)c1)N1CCN(c2ccc3ncccc3n2)CC1. The highest BCUT2D eigenvalue weighted by molar-refractivity contribution is 6.42. The van der Waals surface area contributed by atoms with Crippen LogP contribution in [0.2, 0.25) is 10.0 Å². The van der Waals surface area contributed by atoms with E-state index in [0.717, 1.165) is 35.5 Å². The van der Waals surface area contributed by atoms with E-state index in [1.165, 1.54) is 0 Å². The summed E-state index contributed by atoms with van der Waals surface area (Å²) in [6.45, 7) is 2.86. The van der Waals surface area contributed by atoms with E-state index in [4.69, 9.17) is 23.2 Å². The fraction of sp³-hybridized carbons (Fsp3) is 0.250. The number of benzene rings is 1. The van der Waals surface area contributed by atoms with Crippen molar-refractivity contribution >= 4 is 46.0 Å². The first kappa shape index (κ1) is 18.0. The Morgan fingerprint density at radius 1 is 0.963 bits per heavy atom. The van der Waals surface area contributed by atoms with Crippen molar-refractivity contribution in [3.8, 4) is 0 Å². The zero-order valence-corrected chi connectivity index (χ0v) is 16.1. The number of amides is 1. The molecule has 3 aromatic rings. The molecule has 1 aromatic carbocycles. The Bertz CT molecular complexity index is 987. The smallest absolute Gasteiger partial charge is 0.227 e. The Morgan fingerprint density at radius 2 is 1.78 bits per heavy atom. The maximum atomic E-state index is 12.6. The Balaban J connectivity index is 1.38. The maximum Gasteiger partial charge on any atom is 0.227 e. The number of aromatic nitrogens is 2. The lowest BCUT2D eigenvalue weighted by Crippen LogP contribution is -2.49. The van der Waals surface area contributed by atoms with E-state index in [-0.39, 0.29) is 5.91 Å². The number of rotatable bonds is 3. The van der Waals surface area contributed by atoms with Gasteiger partial charge in [0.2, 0.25) is 5.91 Å². The fourth-order valence-corrected chi connectivity index (χ4v) is 3.56. The lowest BCUT2D eigenvalue weighted by molar-refractivity contribution is -0.130. The minimum absolute atomic E-state index is 0.101. The first-order chi connectivity index (χ1) is 13.1. The van der Waals surface area contributed by atoms with Crippen LogP contribution in [-0.2, 0) is 11.2 Å².